The maximum Gasteiger partial charge on any atom is 0.339 e. The number of fused-ring (bicyclic) bond motifs is 1. The minimum atomic E-state index is -0.679. The minimum Gasteiger partial charge on any atom is -0.479 e. The number of nitrogens with zero attached hydrogens (tertiary/aromatic N) is 2. The summed E-state index contributed by atoms with van der Waals surface area (Å²) in [5.41, 5.74) is 1.40. The number of aryl methyl sites for hydroxylation is 1. The lowest BCUT2D eigenvalue weighted by molar-refractivity contribution is -0.137. The Labute approximate surface area is 163 Å². The predicted octanol–water partition coefficient (Wildman–Crippen LogP) is 2.99. The Kier molecular flexibility index (Phi) is 5.77. The monoisotopic (exact) mass is 392 g/mol. The topological polar surface area (TPSA) is 63.0 Å². The van der Waals surface area contributed by atoms with Crippen LogP contribution in [-0.2, 0) is 4.79 Å². The van der Waals surface area contributed by atoms with Gasteiger partial charge in [0.25, 0.3) is 5.91 Å². The Morgan fingerprint density at radius 3 is 2.67 bits per heavy atom. The summed E-state index contributed by atoms with van der Waals surface area (Å²) in [5.74, 6) is 0.270. The molecule has 0 saturated carbocycles. The maximum absolute atomic E-state index is 12.8. The number of amides is 1. The van der Waals surface area contributed by atoms with Gasteiger partial charge in [0.05, 0.1) is 5.02 Å². The van der Waals surface area contributed by atoms with E-state index < -0.39 is 6.10 Å². The van der Waals surface area contributed by atoms with Crippen molar-refractivity contribution in [3.8, 4) is 5.75 Å². The quantitative estimate of drug-likeness (QED) is 0.751. The van der Waals surface area contributed by atoms with Crippen molar-refractivity contribution in [3.63, 3.8) is 0 Å². The lowest BCUT2D eigenvalue weighted by Crippen LogP contribution is -2.42. The Morgan fingerprint density at radius 1 is 1.19 bits per heavy atom. The molecule has 0 bridgehead atoms. The lowest BCUT2D eigenvalue weighted by atomic mass is 10.1. The number of benzene rings is 1. The van der Waals surface area contributed by atoms with Crippen LogP contribution in [0.4, 0.5) is 0 Å². The zero-order valence-electron chi connectivity index (χ0n) is 16.2. The third-order valence-corrected chi connectivity index (χ3v) is 5.49. The number of halogens is 1. The van der Waals surface area contributed by atoms with Gasteiger partial charge in [-0.05, 0) is 52.4 Å². The summed E-state index contributed by atoms with van der Waals surface area (Å²) in [6.45, 7) is 8.52. The molecule has 1 aliphatic heterocycles. The van der Waals surface area contributed by atoms with E-state index >= 15 is 0 Å². The normalized spacial score (nSPS) is 17.0. The van der Waals surface area contributed by atoms with Gasteiger partial charge in [0.1, 0.15) is 11.3 Å². The van der Waals surface area contributed by atoms with Crippen LogP contribution in [0.5, 0.6) is 5.75 Å². The summed E-state index contributed by atoms with van der Waals surface area (Å²) < 4.78 is 11.2. The van der Waals surface area contributed by atoms with Crippen molar-refractivity contribution in [1.29, 1.82) is 0 Å². The molecule has 1 atom stereocenters. The first-order chi connectivity index (χ1) is 12.8. The molecule has 2 heterocycles. The molecular weight excluding hydrogens is 368 g/mol. The molecule has 1 aromatic heterocycles. The zero-order chi connectivity index (χ0) is 19.7. The maximum atomic E-state index is 12.8. The molecule has 0 N–H and O–H groups in total. The van der Waals surface area contributed by atoms with Gasteiger partial charge in [0.15, 0.2) is 6.10 Å². The summed E-state index contributed by atoms with van der Waals surface area (Å²) in [4.78, 5) is 28.7. The molecule has 1 aliphatic rings. The van der Waals surface area contributed by atoms with Gasteiger partial charge in [-0.25, -0.2) is 4.79 Å². The van der Waals surface area contributed by atoms with Gasteiger partial charge < -0.3 is 19.0 Å². The highest BCUT2D eigenvalue weighted by Gasteiger charge is 2.25. The second-order valence-electron chi connectivity index (χ2n) is 7.16. The molecular formula is C20H25ClN2O4. The average molecular weight is 393 g/mol. The molecule has 1 aromatic carbocycles. The number of carbonyl (C=O) groups excluding carboxylic acids is 1. The zero-order valence-corrected chi connectivity index (χ0v) is 16.9. The summed E-state index contributed by atoms with van der Waals surface area (Å²) in [6, 6.07) is 3.31. The predicted molar refractivity (Wildman–Crippen MR) is 106 cm³/mol. The van der Waals surface area contributed by atoms with Crippen LogP contribution in [0.1, 0.15) is 24.5 Å². The van der Waals surface area contributed by atoms with Gasteiger partial charge >= 0.3 is 5.63 Å². The molecule has 1 saturated heterocycles. The SMILES string of the molecule is Cc1c(C)c2cc(Cl)c(OC(C)C(=O)N3CCCN(C)CC3)cc2oc1=O. The summed E-state index contributed by atoms with van der Waals surface area (Å²) in [7, 11) is 2.06. The van der Waals surface area contributed by atoms with E-state index in [2.05, 4.69) is 11.9 Å². The molecule has 1 unspecified atom stereocenters. The average Bonchev–Trinajstić information content (AvgIpc) is 2.85. The smallest absolute Gasteiger partial charge is 0.339 e. The van der Waals surface area contributed by atoms with Gasteiger partial charge in [-0.2, -0.15) is 0 Å². The highest BCUT2D eigenvalue weighted by atomic mass is 35.5. The van der Waals surface area contributed by atoms with Crippen LogP contribution in [0.3, 0.4) is 0 Å². The van der Waals surface area contributed by atoms with E-state index in [4.69, 9.17) is 20.8 Å². The van der Waals surface area contributed by atoms with Crippen LogP contribution in [0, 0.1) is 13.8 Å². The Hall–Kier alpha value is -2.05. The molecule has 0 aliphatic carbocycles. The molecule has 7 heteroatoms. The first kappa shape index (κ1) is 19.7. The molecule has 6 nitrogen and oxygen atoms in total. The van der Waals surface area contributed by atoms with Crippen LogP contribution < -0.4 is 10.4 Å². The first-order valence-electron chi connectivity index (χ1n) is 9.15. The number of ether oxygens (including phenoxy) is 1. The minimum absolute atomic E-state index is 0.0667. The van der Waals surface area contributed by atoms with Crippen molar-refractivity contribution < 1.29 is 13.9 Å². The van der Waals surface area contributed by atoms with Crippen molar-refractivity contribution in [2.24, 2.45) is 0 Å². The molecule has 27 heavy (non-hydrogen) atoms. The molecule has 146 valence electrons. The molecule has 0 spiro atoms. The number of carbonyl (C=O) groups is 1. The molecule has 1 amide bonds. The Morgan fingerprint density at radius 2 is 1.93 bits per heavy atom. The molecule has 3 rings (SSSR count). The van der Waals surface area contributed by atoms with Crippen LogP contribution in [0.25, 0.3) is 11.0 Å². The van der Waals surface area contributed by atoms with Crippen LogP contribution in [0.2, 0.25) is 5.02 Å². The van der Waals surface area contributed by atoms with Crippen molar-refractivity contribution >= 4 is 28.5 Å². The van der Waals surface area contributed by atoms with Gasteiger partial charge in [-0.1, -0.05) is 11.6 Å². The van der Waals surface area contributed by atoms with E-state index in [1.54, 1.807) is 26.0 Å². The Balaban J connectivity index is 1.83. The van der Waals surface area contributed by atoms with E-state index in [0.29, 0.717) is 28.5 Å². The van der Waals surface area contributed by atoms with Gasteiger partial charge in [0, 0.05) is 36.7 Å². The lowest BCUT2D eigenvalue weighted by Gasteiger charge is -2.25. The van der Waals surface area contributed by atoms with Crippen molar-refractivity contribution in [2.45, 2.75) is 33.3 Å². The van der Waals surface area contributed by atoms with Gasteiger partial charge in [-0.15, -0.1) is 0 Å². The number of hydrogen-bond acceptors (Lipinski definition) is 5. The van der Waals surface area contributed by atoms with E-state index in [9.17, 15) is 9.59 Å². The van der Waals surface area contributed by atoms with Gasteiger partial charge in [-0.3, -0.25) is 4.79 Å². The highest BCUT2D eigenvalue weighted by Crippen LogP contribution is 2.32. The summed E-state index contributed by atoms with van der Waals surface area (Å²) >= 11 is 6.37. The van der Waals surface area contributed by atoms with Crippen molar-refractivity contribution in [3.05, 3.63) is 38.7 Å². The second-order valence-corrected chi connectivity index (χ2v) is 7.57. The summed E-state index contributed by atoms with van der Waals surface area (Å²) in [6.07, 6.45) is 0.261. The third kappa shape index (κ3) is 4.12. The first-order valence-corrected chi connectivity index (χ1v) is 9.53. The van der Waals surface area contributed by atoms with Crippen LogP contribution >= 0.6 is 11.6 Å². The number of hydrogen-bond donors (Lipinski definition) is 0. The van der Waals surface area contributed by atoms with E-state index in [1.807, 2.05) is 11.8 Å². The number of likely N-dealkylation sites (N-methyl/N-ethyl adjacent to an activating group) is 1. The van der Waals surface area contributed by atoms with E-state index in [1.165, 1.54) is 0 Å². The Bertz CT molecular complexity index is 924. The summed E-state index contributed by atoms with van der Waals surface area (Å²) in [5, 5.41) is 1.15. The highest BCUT2D eigenvalue weighted by molar-refractivity contribution is 6.32. The van der Waals surface area contributed by atoms with Gasteiger partial charge in [0.2, 0.25) is 0 Å². The van der Waals surface area contributed by atoms with E-state index in [-0.39, 0.29) is 11.5 Å². The third-order valence-electron chi connectivity index (χ3n) is 5.19. The van der Waals surface area contributed by atoms with Crippen LogP contribution in [0.15, 0.2) is 21.3 Å². The fraction of sp³-hybridized carbons (Fsp3) is 0.500. The van der Waals surface area contributed by atoms with Crippen molar-refractivity contribution in [1.82, 2.24) is 9.80 Å². The number of rotatable bonds is 3. The second kappa shape index (κ2) is 7.90. The van der Waals surface area contributed by atoms with Crippen molar-refractivity contribution in [2.75, 3.05) is 33.2 Å². The fourth-order valence-electron chi connectivity index (χ4n) is 3.30. The molecule has 2 aromatic rings. The largest absolute Gasteiger partial charge is 0.479 e. The van der Waals surface area contributed by atoms with E-state index in [0.717, 1.165) is 37.0 Å². The van der Waals surface area contributed by atoms with Crippen LogP contribution in [-0.4, -0.2) is 55.0 Å². The molecule has 1 fully saturated rings. The standard InChI is InChI=1S/C20H25ClN2O4/c1-12-13(2)20(25)27-17-11-18(16(21)10-15(12)17)26-14(3)19(24)23-7-5-6-22(4)8-9-23/h10-11,14H,5-9H2,1-4H3. The fourth-order valence-corrected chi connectivity index (χ4v) is 3.51. The molecule has 0 radical (unpaired) electrons.